The van der Waals surface area contributed by atoms with Gasteiger partial charge in [-0.25, -0.2) is 9.59 Å². The molecule has 2 saturated heterocycles. The van der Waals surface area contributed by atoms with E-state index in [0.29, 0.717) is 25.7 Å². The number of hydrogen-bond donors (Lipinski definition) is 8. The normalized spacial score (nSPS) is 51.7. The van der Waals surface area contributed by atoms with Crippen LogP contribution >= 0.6 is 0 Å². The second-order valence-electron chi connectivity index (χ2n) is 20.6. The summed E-state index contributed by atoms with van der Waals surface area (Å²) in [7, 11) is 0. The zero-order chi connectivity index (χ0) is 42.9. The van der Waals surface area contributed by atoms with Gasteiger partial charge in [-0.1, -0.05) is 47.1 Å². The first kappa shape index (κ1) is 47.2. The van der Waals surface area contributed by atoms with Crippen LogP contribution in [0.1, 0.15) is 106 Å². The number of carboxylic acid groups (broad SMARTS) is 3. The molecule has 7 aliphatic rings. The molecule has 16 nitrogen and oxygen atoms in total. The molecular formula is C42H64CaO16. The number of allylic oxidation sites excluding steroid dienone is 2. The van der Waals surface area contributed by atoms with Gasteiger partial charge in [0, 0.05) is 5.92 Å². The quantitative estimate of drug-likeness (QED) is 0.133. The zero-order valence-corrected chi connectivity index (χ0v) is 34.4. The summed E-state index contributed by atoms with van der Waals surface area (Å²) in [4.78, 5) is 51.3. The fraction of sp³-hybridized carbons (Fsp3) is 0.857. The first-order chi connectivity index (χ1) is 26.8. The molecule has 0 amide bonds. The Morgan fingerprint density at radius 3 is 1.86 bits per heavy atom. The van der Waals surface area contributed by atoms with Crippen molar-refractivity contribution >= 4 is 61.4 Å². The second kappa shape index (κ2) is 15.8. The SMILES string of the molecule is CC1(C)[C@@H](O[C@H]2O[C@H](C(=O)O)[C@@H](O)[C@H](O)[C@H]2O[C@@H]2O[C@H](C(=O)O)[C@@H](O)[C@H](O)[C@H]2O)CC[C@]2(C)[C@H]3C(=O)C=C4[C@@H]5C[C@@](C)(C(=O)O)CC[C@]5(C)CC[C@@]4(C)[C@]3(C)CC[C@@H]12.[CaH2]. The molecule has 330 valence electrons. The standard InChI is InChI=1S/C42H62O16.Ca.2H/c1-37(2)21-8-11-42(7)31(20(43)16-18-19-17-39(4,36(53)54)13-12-38(19,3)14-15-41(18,42)6)40(21,5)10-9-22(37)55-35-30(26(47)25(46)29(57-35)33(51)52)58-34-27(48)23(44)24(45)28(56-34)32(49)50;;;/h16,19,21-31,34-35,44-48H,8-15,17H2,1-7H3,(H,49,50)(H,51,52)(H,53,54);;;/t19-,21-,22-,23-,24-,25-,26-,27+,28-,29-,30+,31+,34-,35-,38+,39-,40-,41+,42+;;;/m0.../s1. The third-order valence-corrected chi connectivity index (χ3v) is 17.2. The molecule has 19 atom stereocenters. The number of rotatable bonds is 7. The average Bonchev–Trinajstić information content (AvgIpc) is 3.13. The minimum atomic E-state index is -2.05. The van der Waals surface area contributed by atoms with Crippen LogP contribution in [0.5, 0.6) is 0 Å². The van der Waals surface area contributed by atoms with E-state index < -0.39 is 107 Å². The van der Waals surface area contributed by atoms with Gasteiger partial charge in [0.2, 0.25) is 0 Å². The van der Waals surface area contributed by atoms with Crippen LogP contribution in [-0.2, 0) is 38.1 Å². The molecule has 4 saturated carbocycles. The number of ketones is 1. The number of fused-ring (bicyclic) bond motifs is 7. The third kappa shape index (κ3) is 7.09. The number of carbonyl (C=O) groups is 4. The molecule has 0 aromatic carbocycles. The Bertz CT molecular complexity index is 1740. The van der Waals surface area contributed by atoms with E-state index in [0.717, 1.165) is 37.7 Å². The van der Waals surface area contributed by atoms with Crippen molar-refractivity contribution in [1.82, 2.24) is 0 Å². The van der Waals surface area contributed by atoms with Crippen molar-refractivity contribution in [2.75, 3.05) is 0 Å². The van der Waals surface area contributed by atoms with Gasteiger partial charge >= 0.3 is 55.6 Å². The van der Waals surface area contributed by atoms with Crippen LogP contribution in [0, 0.1) is 50.2 Å². The van der Waals surface area contributed by atoms with Crippen LogP contribution < -0.4 is 0 Å². The first-order valence-corrected chi connectivity index (χ1v) is 20.7. The van der Waals surface area contributed by atoms with Crippen LogP contribution in [0.15, 0.2) is 11.6 Å². The van der Waals surface area contributed by atoms with Crippen LogP contribution in [0.3, 0.4) is 0 Å². The third-order valence-electron chi connectivity index (χ3n) is 17.2. The van der Waals surface area contributed by atoms with Crippen LogP contribution in [0.25, 0.3) is 0 Å². The Kier molecular flexibility index (Phi) is 12.6. The summed E-state index contributed by atoms with van der Waals surface area (Å²) in [6.45, 7) is 14.8. The molecule has 0 aromatic heterocycles. The van der Waals surface area contributed by atoms with Crippen LogP contribution in [0.4, 0.5) is 0 Å². The number of ether oxygens (including phenoxy) is 4. The molecule has 2 aliphatic heterocycles. The summed E-state index contributed by atoms with van der Waals surface area (Å²) in [5, 5.41) is 83.0. The molecule has 8 N–H and O–H groups in total. The molecule has 0 radical (unpaired) electrons. The maximum atomic E-state index is 14.8. The van der Waals surface area contributed by atoms with Crippen molar-refractivity contribution in [2.24, 2.45) is 50.2 Å². The molecule has 2 heterocycles. The molecule has 6 fully saturated rings. The van der Waals surface area contributed by atoms with E-state index in [1.165, 1.54) is 0 Å². The number of aliphatic carboxylic acids is 3. The fourth-order valence-electron chi connectivity index (χ4n) is 13.4. The Hall–Kier alpha value is -1.28. The number of carbonyl (C=O) groups excluding carboxylic acids is 1. The van der Waals surface area contributed by atoms with E-state index in [-0.39, 0.29) is 72.1 Å². The molecule has 0 aromatic rings. The van der Waals surface area contributed by atoms with E-state index in [9.17, 15) is 60.0 Å². The second-order valence-corrected chi connectivity index (χ2v) is 20.6. The Morgan fingerprint density at radius 1 is 0.695 bits per heavy atom. The topological polar surface area (TPSA) is 267 Å². The minimum absolute atomic E-state index is 0. The van der Waals surface area contributed by atoms with Gasteiger partial charge in [0.25, 0.3) is 0 Å². The van der Waals surface area contributed by atoms with Gasteiger partial charge in [0.15, 0.2) is 30.6 Å². The van der Waals surface area contributed by atoms with E-state index >= 15 is 0 Å². The van der Waals surface area contributed by atoms with Gasteiger partial charge < -0.3 is 59.8 Å². The van der Waals surface area contributed by atoms with Crippen LogP contribution in [-0.4, -0.2) is 170 Å². The van der Waals surface area contributed by atoms with Gasteiger partial charge in [-0.3, -0.25) is 9.59 Å². The maximum absolute atomic E-state index is 14.8. The van der Waals surface area contributed by atoms with E-state index in [2.05, 4.69) is 27.7 Å². The number of carboxylic acids is 3. The Balaban J connectivity index is 0.00000585. The van der Waals surface area contributed by atoms with E-state index in [4.69, 9.17) is 18.9 Å². The van der Waals surface area contributed by atoms with E-state index in [1.54, 1.807) is 0 Å². The Morgan fingerprint density at radius 2 is 1.27 bits per heavy atom. The van der Waals surface area contributed by atoms with Gasteiger partial charge in [-0.05, 0) is 110 Å². The molecule has 59 heavy (non-hydrogen) atoms. The molecule has 17 heteroatoms. The van der Waals surface area contributed by atoms with Crippen molar-refractivity contribution in [3.8, 4) is 0 Å². The monoisotopic (exact) mass is 864 g/mol. The van der Waals surface area contributed by atoms with Crippen molar-refractivity contribution in [3.05, 3.63) is 11.6 Å². The Labute approximate surface area is 374 Å². The van der Waals surface area contributed by atoms with Crippen molar-refractivity contribution in [1.29, 1.82) is 0 Å². The summed E-state index contributed by atoms with van der Waals surface area (Å²) in [5.41, 5.74) is -1.81. The molecule has 0 bridgehead atoms. The summed E-state index contributed by atoms with van der Waals surface area (Å²) in [6, 6.07) is 0. The zero-order valence-electron chi connectivity index (χ0n) is 34.4. The molecule has 0 spiro atoms. The number of aliphatic hydroxyl groups excluding tert-OH is 5. The van der Waals surface area contributed by atoms with Crippen molar-refractivity contribution < 1.29 is 79.0 Å². The molecule has 0 unspecified atom stereocenters. The van der Waals surface area contributed by atoms with Crippen molar-refractivity contribution in [3.63, 3.8) is 0 Å². The number of hydrogen-bond acceptors (Lipinski definition) is 13. The summed E-state index contributed by atoms with van der Waals surface area (Å²) in [6.07, 6.45) is -12.2. The number of aliphatic hydroxyl groups is 5. The van der Waals surface area contributed by atoms with Gasteiger partial charge in [0.1, 0.15) is 36.6 Å². The van der Waals surface area contributed by atoms with Gasteiger partial charge in [0.05, 0.1) is 11.5 Å². The van der Waals surface area contributed by atoms with E-state index in [1.807, 2.05) is 26.8 Å². The van der Waals surface area contributed by atoms with Gasteiger partial charge in [-0.2, -0.15) is 0 Å². The van der Waals surface area contributed by atoms with Gasteiger partial charge in [-0.15, -0.1) is 0 Å². The summed E-state index contributed by atoms with van der Waals surface area (Å²) < 4.78 is 23.4. The predicted molar refractivity (Wildman–Crippen MR) is 208 cm³/mol. The average molecular weight is 865 g/mol. The summed E-state index contributed by atoms with van der Waals surface area (Å²) >= 11 is 0. The molecule has 5 aliphatic carbocycles. The molecular weight excluding hydrogens is 801 g/mol. The predicted octanol–water partition coefficient (Wildman–Crippen LogP) is 1.33. The summed E-state index contributed by atoms with van der Waals surface area (Å²) in [5.74, 6) is -4.47. The first-order valence-electron chi connectivity index (χ1n) is 20.7. The fourth-order valence-corrected chi connectivity index (χ4v) is 13.4. The van der Waals surface area contributed by atoms with Crippen molar-refractivity contribution in [2.45, 2.75) is 174 Å². The molecule has 7 rings (SSSR count). The van der Waals surface area contributed by atoms with Crippen LogP contribution in [0.2, 0.25) is 0 Å².